The molecule has 0 saturated carbocycles. The van der Waals surface area contributed by atoms with Crippen LogP contribution in [0.15, 0.2) is 24.3 Å². The molecule has 2 rings (SSSR count). The third-order valence-corrected chi connectivity index (χ3v) is 3.48. The molecule has 3 nitrogen and oxygen atoms in total. The van der Waals surface area contributed by atoms with Gasteiger partial charge in [-0.3, -0.25) is 0 Å². The maximum absolute atomic E-state index is 5.89. The number of ether oxygens (including phenoxy) is 1. The van der Waals surface area contributed by atoms with Crippen LogP contribution in [0.3, 0.4) is 0 Å². The van der Waals surface area contributed by atoms with Crippen molar-refractivity contribution in [3.8, 4) is 5.75 Å². The Morgan fingerprint density at radius 2 is 2.29 bits per heavy atom. The molecule has 1 heterocycles. The molecule has 1 aliphatic heterocycles. The van der Waals surface area contributed by atoms with Crippen molar-refractivity contribution in [2.24, 2.45) is 5.73 Å². The number of piperidine rings is 1. The van der Waals surface area contributed by atoms with Gasteiger partial charge in [-0.2, -0.15) is 0 Å². The van der Waals surface area contributed by atoms with Crippen LogP contribution in [-0.4, -0.2) is 25.2 Å². The quantitative estimate of drug-likeness (QED) is 0.835. The second-order valence-corrected chi connectivity index (χ2v) is 4.97. The van der Waals surface area contributed by atoms with Gasteiger partial charge in [0.1, 0.15) is 12.4 Å². The fourth-order valence-corrected chi connectivity index (χ4v) is 2.31. The molecule has 3 heteroatoms. The van der Waals surface area contributed by atoms with Crippen LogP contribution in [0.2, 0.25) is 0 Å². The van der Waals surface area contributed by atoms with Crippen molar-refractivity contribution in [3.05, 3.63) is 29.8 Å². The first-order valence-corrected chi connectivity index (χ1v) is 6.39. The summed E-state index contributed by atoms with van der Waals surface area (Å²) in [5.74, 6) is 0.935. The van der Waals surface area contributed by atoms with Crippen LogP contribution in [0, 0.1) is 6.92 Å². The molecule has 1 unspecified atom stereocenters. The fraction of sp³-hybridized carbons (Fsp3) is 0.571. The largest absolute Gasteiger partial charge is 0.492 e. The first-order chi connectivity index (χ1) is 8.24. The molecule has 3 N–H and O–H groups in total. The monoisotopic (exact) mass is 234 g/mol. The van der Waals surface area contributed by atoms with Crippen LogP contribution in [0.5, 0.6) is 5.75 Å². The first-order valence-electron chi connectivity index (χ1n) is 6.39. The lowest BCUT2D eigenvalue weighted by Gasteiger charge is -2.37. The zero-order chi connectivity index (χ0) is 12.1. The Labute approximate surface area is 103 Å². The highest BCUT2D eigenvalue weighted by Gasteiger charge is 2.30. The number of nitrogens with two attached hydrogens (primary N) is 1. The van der Waals surface area contributed by atoms with Crippen LogP contribution < -0.4 is 15.8 Å². The van der Waals surface area contributed by atoms with E-state index in [1.54, 1.807) is 0 Å². The summed E-state index contributed by atoms with van der Waals surface area (Å²) in [6.45, 7) is 4.42. The maximum atomic E-state index is 5.89. The molecule has 1 aromatic rings. The molecule has 1 saturated heterocycles. The minimum Gasteiger partial charge on any atom is -0.492 e. The molecule has 1 aliphatic rings. The summed E-state index contributed by atoms with van der Waals surface area (Å²) in [6, 6.07) is 8.16. The van der Waals surface area contributed by atoms with E-state index < -0.39 is 0 Å². The Hall–Kier alpha value is -1.06. The van der Waals surface area contributed by atoms with E-state index in [0.29, 0.717) is 13.2 Å². The van der Waals surface area contributed by atoms with E-state index in [1.165, 1.54) is 18.4 Å². The SMILES string of the molecule is Cc1cccc(OCC2(CN)CCCCN2)c1. The van der Waals surface area contributed by atoms with Gasteiger partial charge < -0.3 is 15.8 Å². The van der Waals surface area contributed by atoms with E-state index in [-0.39, 0.29) is 5.54 Å². The highest BCUT2D eigenvalue weighted by molar-refractivity contribution is 5.27. The molecular formula is C14H22N2O. The highest BCUT2D eigenvalue weighted by atomic mass is 16.5. The Kier molecular flexibility index (Phi) is 4.02. The number of hydrogen-bond acceptors (Lipinski definition) is 3. The van der Waals surface area contributed by atoms with Gasteiger partial charge in [0.05, 0.1) is 5.54 Å². The van der Waals surface area contributed by atoms with Gasteiger partial charge in [0.25, 0.3) is 0 Å². The Morgan fingerprint density at radius 3 is 2.94 bits per heavy atom. The highest BCUT2D eigenvalue weighted by Crippen LogP contribution is 2.21. The van der Waals surface area contributed by atoms with Crippen molar-refractivity contribution in [2.75, 3.05) is 19.7 Å². The van der Waals surface area contributed by atoms with Crippen molar-refractivity contribution < 1.29 is 4.74 Å². The summed E-state index contributed by atoms with van der Waals surface area (Å²) in [7, 11) is 0. The summed E-state index contributed by atoms with van der Waals surface area (Å²) >= 11 is 0. The van der Waals surface area contributed by atoms with Crippen molar-refractivity contribution in [3.63, 3.8) is 0 Å². The van der Waals surface area contributed by atoms with Crippen LogP contribution in [0.4, 0.5) is 0 Å². The molecule has 0 spiro atoms. The number of hydrogen-bond donors (Lipinski definition) is 2. The number of nitrogens with one attached hydrogen (secondary N) is 1. The van der Waals surface area contributed by atoms with Gasteiger partial charge in [-0.1, -0.05) is 18.6 Å². The lowest BCUT2D eigenvalue weighted by Crippen LogP contribution is -2.57. The summed E-state index contributed by atoms with van der Waals surface area (Å²) < 4.78 is 5.88. The molecule has 17 heavy (non-hydrogen) atoms. The number of aryl methyl sites for hydroxylation is 1. The molecule has 1 aromatic carbocycles. The number of benzene rings is 1. The zero-order valence-electron chi connectivity index (χ0n) is 10.5. The second-order valence-electron chi connectivity index (χ2n) is 4.97. The predicted molar refractivity (Wildman–Crippen MR) is 70.3 cm³/mol. The summed E-state index contributed by atoms with van der Waals surface area (Å²) in [5, 5.41) is 3.52. The second kappa shape index (κ2) is 5.52. The van der Waals surface area contributed by atoms with Gasteiger partial charge in [-0.15, -0.1) is 0 Å². The average molecular weight is 234 g/mol. The molecular weight excluding hydrogens is 212 g/mol. The van der Waals surface area contributed by atoms with Crippen LogP contribution in [0.1, 0.15) is 24.8 Å². The first kappa shape index (κ1) is 12.4. The molecule has 1 fully saturated rings. The smallest absolute Gasteiger partial charge is 0.119 e. The van der Waals surface area contributed by atoms with Crippen LogP contribution >= 0.6 is 0 Å². The Bertz CT molecular complexity index is 359. The van der Waals surface area contributed by atoms with E-state index >= 15 is 0 Å². The molecule has 0 aromatic heterocycles. The van der Waals surface area contributed by atoms with E-state index in [1.807, 2.05) is 12.1 Å². The van der Waals surface area contributed by atoms with Crippen LogP contribution in [-0.2, 0) is 0 Å². The zero-order valence-corrected chi connectivity index (χ0v) is 10.5. The van der Waals surface area contributed by atoms with Crippen molar-refractivity contribution in [1.29, 1.82) is 0 Å². The van der Waals surface area contributed by atoms with Crippen molar-refractivity contribution in [2.45, 2.75) is 31.7 Å². The Balaban J connectivity index is 1.95. The van der Waals surface area contributed by atoms with Gasteiger partial charge in [-0.05, 0) is 44.0 Å². The molecule has 0 bridgehead atoms. The third kappa shape index (κ3) is 3.20. The Morgan fingerprint density at radius 1 is 1.41 bits per heavy atom. The van der Waals surface area contributed by atoms with Crippen LogP contribution in [0.25, 0.3) is 0 Å². The molecule has 0 amide bonds. The molecule has 1 atom stereocenters. The van der Waals surface area contributed by atoms with E-state index in [4.69, 9.17) is 10.5 Å². The summed E-state index contributed by atoms with van der Waals surface area (Å²) in [5.41, 5.74) is 7.09. The average Bonchev–Trinajstić information content (AvgIpc) is 2.38. The minimum atomic E-state index is -0.0258. The van der Waals surface area contributed by atoms with Gasteiger partial charge in [-0.25, -0.2) is 0 Å². The third-order valence-electron chi connectivity index (χ3n) is 3.48. The van der Waals surface area contributed by atoms with Gasteiger partial charge >= 0.3 is 0 Å². The standard InChI is InChI=1S/C14H22N2O/c1-12-5-4-6-13(9-12)17-11-14(10-15)7-2-3-8-16-14/h4-6,9,16H,2-3,7-8,10-11,15H2,1H3. The minimum absolute atomic E-state index is 0.0258. The maximum Gasteiger partial charge on any atom is 0.119 e. The lowest BCUT2D eigenvalue weighted by atomic mass is 9.90. The summed E-state index contributed by atoms with van der Waals surface area (Å²) in [4.78, 5) is 0. The van der Waals surface area contributed by atoms with E-state index in [9.17, 15) is 0 Å². The topological polar surface area (TPSA) is 47.3 Å². The van der Waals surface area contributed by atoms with Crippen molar-refractivity contribution in [1.82, 2.24) is 5.32 Å². The van der Waals surface area contributed by atoms with Gasteiger partial charge in [0.2, 0.25) is 0 Å². The normalized spacial score (nSPS) is 24.6. The van der Waals surface area contributed by atoms with Gasteiger partial charge in [0.15, 0.2) is 0 Å². The summed E-state index contributed by atoms with van der Waals surface area (Å²) in [6.07, 6.45) is 3.59. The fourth-order valence-electron chi connectivity index (χ4n) is 2.31. The lowest BCUT2D eigenvalue weighted by molar-refractivity contribution is 0.154. The molecule has 0 aliphatic carbocycles. The van der Waals surface area contributed by atoms with Crippen molar-refractivity contribution >= 4 is 0 Å². The van der Waals surface area contributed by atoms with E-state index in [2.05, 4.69) is 24.4 Å². The molecule has 94 valence electrons. The van der Waals surface area contributed by atoms with Gasteiger partial charge in [0, 0.05) is 6.54 Å². The molecule has 0 radical (unpaired) electrons. The predicted octanol–water partition coefficient (Wildman–Crippen LogP) is 1.84. The number of rotatable bonds is 4. The van der Waals surface area contributed by atoms with E-state index in [0.717, 1.165) is 18.7 Å².